The molecule has 0 radical (unpaired) electrons. The van der Waals surface area contributed by atoms with Gasteiger partial charge in [0.05, 0.1) is 19.5 Å². The minimum atomic E-state index is -0.750. The van der Waals surface area contributed by atoms with Gasteiger partial charge in [-0.3, -0.25) is 9.59 Å². The summed E-state index contributed by atoms with van der Waals surface area (Å²) in [5, 5.41) is 0. The second-order valence-electron chi connectivity index (χ2n) is 10.9. The summed E-state index contributed by atoms with van der Waals surface area (Å²) >= 11 is 0. The predicted octanol–water partition coefficient (Wildman–Crippen LogP) is 4.95. The number of carbonyl (C=O) groups excluding carboxylic acids is 2. The zero-order valence-corrected chi connectivity index (χ0v) is 19.4. The minimum absolute atomic E-state index is 0.0605. The smallest absolute Gasteiger partial charge is 0.321 e. The minimum Gasteiger partial charge on any atom is -0.501 e. The van der Waals surface area contributed by atoms with E-state index in [9.17, 15) is 9.59 Å². The molecular formula is C26H36O5. The number of methoxy groups -OCH3 is 1. The molecule has 1 saturated heterocycles. The third-order valence-electron chi connectivity index (χ3n) is 9.97. The van der Waals surface area contributed by atoms with Crippen molar-refractivity contribution in [2.75, 3.05) is 13.7 Å². The van der Waals surface area contributed by atoms with Crippen LogP contribution in [0, 0.1) is 34.5 Å². The quantitative estimate of drug-likeness (QED) is 0.470. The Hall–Kier alpha value is -1.78. The second kappa shape index (κ2) is 7.11. The Morgan fingerprint density at radius 1 is 1.19 bits per heavy atom. The number of ether oxygens (including phenoxy) is 3. The van der Waals surface area contributed by atoms with Crippen LogP contribution in [0.4, 0.5) is 0 Å². The van der Waals surface area contributed by atoms with Crippen molar-refractivity contribution in [1.82, 2.24) is 0 Å². The molecule has 5 nitrogen and oxygen atoms in total. The summed E-state index contributed by atoms with van der Waals surface area (Å²) in [5.41, 5.74) is 1.11. The molecule has 4 aliphatic carbocycles. The first-order chi connectivity index (χ1) is 14.8. The fourth-order valence-corrected chi connectivity index (χ4v) is 8.20. The van der Waals surface area contributed by atoms with Crippen molar-refractivity contribution in [3.63, 3.8) is 0 Å². The lowest BCUT2D eigenvalue weighted by Crippen LogP contribution is -2.54. The van der Waals surface area contributed by atoms with E-state index in [1.165, 1.54) is 5.57 Å². The summed E-state index contributed by atoms with van der Waals surface area (Å²) in [7, 11) is 1.77. The molecule has 31 heavy (non-hydrogen) atoms. The fourth-order valence-electron chi connectivity index (χ4n) is 8.20. The first-order valence-electron chi connectivity index (χ1n) is 12.1. The SMILES string of the molecule is CCOC(=O)[C@@H]1C[C@@]2(CC[C@H]3[C@@H]4CC=C5C=C(OC)CC[C@]5(C)[C@H]4CC[C@@]32C)OC1=O. The highest BCUT2D eigenvalue weighted by atomic mass is 16.6. The van der Waals surface area contributed by atoms with Gasteiger partial charge in [-0.05, 0) is 80.3 Å². The van der Waals surface area contributed by atoms with Gasteiger partial charge in [0, 0.05) is 18.3 Å². The van der Waals surface area contributed by atoms with E-state index in [1.54, 1.807) is 14.0 Å². The van der Waals surface area contributed by atoms with Crippen LogP contribution in [0.1, 0.15) is 72.1 Å². The van der Waals surface area contributed by atoms with Gasteiger partial charge in [0.1, 0.15) is 5.60 Å². The van der Waals surface area contributed by atoms with Crippen molar-refractivity contribution in [3.8, 4) is 0 Å². The Balaban J connectivity index is 1.43. The molecular weight excluding hydrogens is 392 g/mol. The van der Waals surface area contributed by atoms with E-state index in [2.05, 4.69) is 26.0 Å². The van der Waals surface area contributed by atoms with Crippen LogP contribution in [0.2, 0.25) is 0 Å². The molecule has 0 unspecified atom stereocenters. The van der Waals surface area contributed by atoms with Gasteiger partial charge in [-0.2, -0.15) is 0 Å². The molecule has 0 N–H and O–H groups in total. The average Bonchev–Trinajstić information content (AvgIpc) is 3.24. The van der Waals surface area contributed by atoms with E-state index in [4.69, 9.17) is 14.2 Å². The maximum Gasteiger partial charge on any atom is 0.321 e. The molecule has 1 aliphatic heterocycles. The number of allylic oxidation sites excluding steroid dienone is 4. The number of fused-ring (bicyclic) bond motifs is 6. The van der Waals surface area contributed by atoms with Crippen molar-refractivity contribution < 1.29 is 23.8 Å². The lowest BCUT2D eigenvalue weighted by atomic mass is 9.47. The fraction of sp³-hybridized carbons (Fsp3) is 0.769. The highest BCUT2D eigenvalue weighted by molar-refractivity contribution is 5.96. The molecule has 3 fully saturated rings. The summed E-state index contributed by atoms with van der Waals surface area (Å²) in [5.74, 6) is 1.38. The molecule has 0 aromatic heterocycles. The van der Waals surface area contributed by atoms with Gasteiger partial charge in [0.25, 0.3) is 0 Å². The van der Waals surface area contributed by atoms with Crippen molar-refractivity contribution in [2.45, 2.75) is 77.7 Å². The first kappa shape index (κ1) is 21.1. The van der Waals surface area contributed by atoms with E-state index in [-0.39, 0.29) is 16.8 Å². The van der Waals surface area contributed by atoms with Crippen LogP contribution >= 0.6 is 0 Å². The summed E-state index contributed by atoms with van der Waals surface area (Å²) < 4.78 is 16.9. The van der Waals surface area contributed by atoms with Gasteiger partial charge >= 0.3 is 11.9 Å². The lowest BCUT2D eigenvalue weighted by Gasteiger charge is -2.58. The molecule has 2 saturated carbocycles. The van der Waals surface area contributed by atoms with E-state index in [0.29, 0.717) is 30.8 Å². The van der Waals surface area contributed by atoms with Crippen molar-refractivity contribution in [1.29, 1.82) is 0 Å². The molecule has 1 heterocycles. The lowest BCUT2D eigenvalue weighted by molar-refractivity contribution is -0.169. The van der Waals surface area contributed by atoms with E-state index in [0.717, 1.165) is 50.7 Å². The molecule has 5 heteroatoms. The number of rotatable bonds is 3. The molecule has 5 aliphatic rings. The Kier molecular flexibility index (Phi) is 4.84. The normalized spacial score (nSPS) is 45.7. The van der Waals surface area contributed by atoms with Crippen LogP contribution in [0.5, 0.6) is 0 Å². The van der Waals surface area contributed by atoms with Gasteiger partial charge in [-0.1, -0.05) is 19.9 Å². The molecule has 0 aromatic carbocycles. The maximum atomic E-state index is 12.7. The van der Waals surface area contributed by atoms with Crippen LogP contribution < -0.4 is 0 Å². The molecule has 1 spiro atoms. The Morgan fingerprint density at radius 3 is 2.71 bits per heavy atom. The summed E-state index contributed by atoms with van der Waals surface area (Å²) in [6, 6.07) is 0. The zero-order valence-electron chi connectivity index (χ0n) is 19.4. The number of esters is 2. The molecule has 0 bridgehead atoms. The topological polar surface area (TPSA) is 61.8 Å². The molecule has 5 rings (SSSR count). The standard InChI is InChI=1S/C26H36O5/c1-5-30-22(27)19-15-26(31-23(19)28)13-10-21-18-7-6-16-14-17(29-4)8-11-24(16,2)20(18)9-12-25(21,26)3/h6,14,18-21H,5,7-13,15H2,1-4H3/t18-,19+,20+,21+,24+,25+,26-/m1/s1. The summed E-state index contributed by atoms with van der Waals surface area (Å²) in [6.45, 7) is 6.88. The van der Waals surface area contributed by atoms with Crippen LogP contribution in [0.15, 0.2) is 23.5 Å². The van der Waals surface area contributed by atoms with Gasteiger partial charge < -0.3 is 14.2 Å². The Labute approximate surface area is 185 Å². The van der Waals surface area contributed by atoms with Crippen LogP contribution in [0.3, 0.4) is 0 Å². The Bertz CT molecular complexity index is 858. The molecule has 7 atom stereocenters. The van der Waals surface area contributed by atoms with Gasteiger partial charge in [-0.25, -0.2) is 0 Å². The van der Waals surface area contributed by atoms with Crippen molar-refractivity contribution in [3.05, 3.63) is 23.5 Å². The Morgan fingerprint density at radius 2 is 1.97 bits per heavy atom. The third-order valence-corrected chi connectivity index (χ3v) is 9.97. The van der Waals surface area contributed by atoms with Crippen LogP contribution in [-0.2, 0) is 23.8 Å². The number of hydrogen-bond donors (Lipinski definition) is 0. The molecule has 0 amide bonds. The van der Waals surface area contributed by atoms with E-state index < -0.39 is 17.5 Å². The number of hydrogen-bond acceptors (Lipinski definition) is 5. The highest BCUT2D eigenvalue weighted by Gasteiger charge is 2.69. The molecule has 170 valence electrons. The van der Waals surface area contributed by atoms with E-state index in [1.807, 2.05) is 0 Å². The van der Waals surface area contributed by atoms with Gasteiger partial charge in [0.2, 0.25) is 0 Å². The largest absolute Gasteiger partial charge is 0.501 e. The van der Waals surface area contributed by atoms with Crippen LogP contribution in [0.25, 0.3) is 0 Å². The number of carbonyl (C=O) groups is 2. The van der Waals surface area contributed by atoms with Gasteiger partial charge in [0.15, 0.2) is 5.92 Å². The molecule has 0 aromatic rings. The summed E-state index contributed by atoms with van der Waals surface area (Å²) in [4.78, 5) is 25.1. The first-order valence-corrected chi connectivity index (χ1v) is 12.1. The average molecular weight is 429 g/mol. The highest BCUT2D eigenvalue weighted by Crippen LogP contribution is 2.69. The van der Waals surface area contributed by atoms with Gasteiger partial charge in [-0.15, -0.1) is 0 Å². The monoisotopic (exact) mass is 428 g/mol. The summed E-state index contributed by atoms with van der Waals surface area (Å²) in [6.07, 6.45) is 12.7. The van der Waals surface area contributed by atoms with E-state index >= 15 is 0 Å². The third kappa shape index (κ3) is 2.80. The maximum absolute atomic E-state index is 12.7. The van der Waals surface area contributed by atoms with Crippen molar-refractivity contribution in [2.24, 2.45) is 34.5 Å². The zero-order chi connectivity index (χ0) is 22.0. The second-order valence-corrected chi connectivity index (χ2v) is 10.9. The van der Waals surface area contributed by atoms with Crippen molar-refractivity contribution >= 4 is 11.9 Å². The predicted molar refractivity (Wildman–Crippen MR) is 116 cm³/mol. The van der Waals surface area contributed by atoms with Crippen LogP contribution in [-0.4, -0.2) is 31.3 Å².